The highest BCUT2D eigenvalue weighted by Crippen LogP contribution is 2.15. The van der Waals surface area contributed by atoms with E-state index in [2.05, 4.69) is 4.98 Å². The molecule has 0 saturated heterocycles. The Morgan fingerprint density at radius 3 is 2.71 bits per heavy atom. The second-order valence-corrected chi connectivity index (χ2v) is 3.66. The number of nitrogens with zero attached hydrogens (tertiary/aromatic N) is 3. The highest BCUT2D eigenvalue weighted by Gasteiger charge is 2.08. The fraction of sp³-hybridized carbons (Fsp3) is 0. The molecule has 84 valence electrons. The zero-order valence-electron chi connectivity index (χ0n) is 8.82. The number of hydrogen-bond donors (Lipinski definition) is 1. The van der Waals surface area contributed by atoms with Crippen LogP contribution in [0, 0.1) is 0 Å². The summed E-state index contributed by atoms with van der Waals surface area (Å²) in [5.74, 6) is -0.938. The number of hydrogen-bond acceptors (Lipinski definition) is 2. The van der Waals surface area contributed by atoms with Crippen molar-refractivity contribution in [2.24, 2.45) is 0 Å². The van der Waals surface area contributed by atoms with Crippen LogP contribution in [0.3, 0.4) is 0 Å². The third-order valence-electron chi connectivity index (χ3n) is 2.61. The highest BCUT2D eigenvalue weighted by molar-refractivity contribution is 5.92. The van der Waals surface area contributed by atoms with E-state index >= 15 is 0 Å². The van der Waals surface area contributed by atoms with Crippen molar-refractivity contribution in [3.8, 4) is 0 Å². The molecular formula is C12H9N3O2. The van der Waals surface area contributed by atoms with E-state index < -0.39 is 5.97 Å². The van der Waals surface area contributed by atoms with Gasteiger partial charge in [-0.3, -0.25) is 4.68 Å². The largest absolute Gasteiger partial charge is 0.478 e. The second kappa shape index (κ2) is 3.48. The third kappa shape index (κ3) is 1.48. The van der Waals surface area contributed by atoms with Gasteiger partial charge in [-0.25, -0.2) is 14.5 Å². The lowest BCUT2D eigenvalue weighted by molar-refractivity contribution is 0.0697. The first-order valence-electron chi connectivity index (χ1n) is 5.10. The van der Waals surface area contributed by atoms with Gasteiger partial charge in [-0.1, -0.05) is 0 Å². The lowest BCUT2D eigenvalue weighted by Crippen LogP contribution is -2.05. The van der Waals surface area contributed by atoms with E-state index in [0.717, 1.165) is 11.0 Å². The normalized spacial score (nSPS) is 10.8. The molecule has 2 aromatic heterocycles. The Morgan fingerprint density at radius 2 is 2.00 bits per heavy atom. The zero-order chi connectivity index (χ0) is 11.8. The van der Waals surface area contributed by atoms with Gasteiger partial charge in [0, 0.05) is 12.4 Å². The van der Waals surface area contributed by atoms with E-state index in [-0.39, 0.29) is 5.56 Å². The summed E-state index contributed by atoms with van der Waals surface area (Å²) in [5.41, 5.74) is 1.79. The van der Waals surface area contributed by atoms with Crippen molar-refractivity contribution >= 4 is 17.0 Å². The molecule has 0 amide bonds. The van der Waals surface area contributed by atoms with Crippen molar-refractivity contribution < 1.29 is 9.90 Å². The molecule has 0 saturated carbocycles. The van der Waals surface area contributed by atoms with Crippen LogP contribution in [0.2, 0.25) is 0 Å². The number of benzene rings is 1. The number of carbonyl (C=O) groups is 1. The molecule has 0 fully saturated rings. The molecule has 3 aromatic rings. The minimum Gasteiger partial charge on any atom is -0.478 e. The molecule has 0 radical (unpaired) electrons. The standard InChI is InChI=1S/C12H9N3O2/c16-12(17)9-3-4-10-11(7-9)15(8-13-10)14-5-1-2-6-14/h1-8H,(H,16,17). The molecular weight excluding hydrogens is 218 g/mol. The van der Waals surface area contributed by atoms with Gasteiger partial charge in [0.05, 0.1) is 16.6 Å². The zero-order valence-corrected chi connectivity index (χ0v) is 8.82. The minimum absolute atomic E-state index is 0.256. The van der Waals surface area contributed by atoms with Crippen LogP contribution in [0.1, 0.15) is 10.4 Å². The molecule has 0 atom stereocenters. The van der Waals surface area contributed by atoms with Crippen LogP contribution in [-0.4, -0.2) is 25.4 Å². The summed E-state index contributed by atoms with van der Waals surface area (Å²) in [4.78, 5) is 15.2. The number of fused-ring (bicyclic) bond motifs is 1. The van der Waals surface area contributed by atoms with E-state index in [4.69, 9.17) is 5.11 Å². The molecule has 0 spiro atoms. The van der Waals surface area contributed by atoms with Crippen LogP contribution < -0.4 is 0 Å². The summed E-state index contributed by atoms with van der Waals surface area (Å²) in [6, 6.07) is 8.67. The van der Waals surface area contributed by atoms with E-state index in [1.165, 1.54) is 0 Å². The average Bonchev–Trinajstić information content (AvgIpc) is 2.96. The Labute approximate surface area is 96.5 Å². The molecule has 1 aromatic carbocycles. The lowest BCUT2D eigenvalue weighted by Gasteiger charge is -2.05. The molecule has 17 heavy (non-hydrogen) atoms. The number of carboxylic acid groups (broad SMARTS) is 1. The summed E-state index contributed by atoms with van der Waals surface area (Å²) in [6.07, 6.45) is 5.40. The highest BCUT2D eigenvalue weighted by atomic mass is 16.4. The Kier molecular flexibility index (Phi) is 1.98. The fourth-order valence-corrected chi connectivity index (χ4v) is 1.78. The van der Waals surface area contributed by atoms with Crippen LogP contribution in [0.15, 0.2) is 49.1 Å². The molecule has 1 N–H and O–H groups in total. The number of rotatable bonds is 2. The first-order valence-corrected chi connectivity index (χ1v) is 5.10. The molecule has 0 aliphatic rings. The average molecular weight is 227 g/mol. The van der Waals surface area contributed by atoms with Crippen molar-refractivity contribution in [1.29, 1.82) is 0 Å². The van der Waals surface area contributed by atoms with Gasteiger partial charge in [-0.05, 0) is 30.3 Å². The Bertz CT molecular complexity index is 683. The smallest absolute Gasteiger partial charge is 0.335 e. The van der Waals surface area contributed by atoms with Gasteiger partial charge in [0.25, 0.3) is 0 Å². The molecule has 5 heteroatoms. The molecule has 0 aliphatic heterocycles. The first-order chi connectivity index (χ1) is 8.25. The molecule has 0 bridgehead atoms. The van der Waals surface area contributed by atoms with Gasteiger partial charge < -0.3 is 5.11 Å². The Morgan fingerprint density at radius 1 is 1.24 bits per heavy atom. The third-order valence-corrected chi connectivity index (χ3v) is 2.61. The molecule has 0 aliphatic carbocycles. The quantitative estimate of drug-likeness (QED) is 0.726. The van der Waals surface area contributed by atoms with Gasteiger partial charge in [-0.15, -0.1) is 0 Å². The second-order valence-electron chi connectivity index (χ2n) is 3.66. The SMILES string of the molecule is O=C(O)c1ccc2ncn(-n3cccc3)c2c1. The van der Waals surface area contributed by atoms with Gasteiger partial charge in [0.15, 0.2) is 0 Å². The lowest BCUT2D eigenvalue weighted by atomic mass is 10.2. The van der Waals surface area contributed by atoms with Gasteiger partial charge >= 0.3 is 5.97 Å². The predicted molar refractivity (Wildman–Crippen MR) is 61.9 cm³/mol. The molecule has 0 unspecified atom stereocenters. The maximum atomic E-state index is 10.9. The fourth-order valence-electron chi connectivity index (χ4n) is 1.78. The van der Waals surface area contributed by atoms with Crippen LogP contribution >= 0.6 is 0 Å². The van der Waals surface area contributed by atoms with Crippen molar-refractivity contribution in [3.05, 3.63) is 54.6 Å². The topological polar surface area (TPSA) is 60.0 Å². The van der Waals surface area contributed by atoms with Crippen LogP contribution in [0.25, 0.3) is 11.0 Å². The predicted octanol–water partition coefficient (Wildman–Crippen LogP) is 1.85. The van der Waals surface area contributed by atoms with Crippen LogP contribution in [0.4, 0.5) is 0 Å². The minimum atomic E-state index is -0.938. The van der Waals surface area contributed by atoms with Crippen LogP contribution in [-0.2, 0) is 0 Å². The van der Waals surface area contributed by atoms with E-state index in [1.54, 1.807) is 29.2 Å². The number of imidazole rings is 1. The van der Waals surface area contributed by atoms with Crippen molar-refractivity contribution in [2.75, 3.05) is 0 Å². The Balaban J connectivity index is 2.26. The summed E-state index contributed by atoms with van der Waals surface area (Å²) < 4.78 is 3.63. The van der Waals surface area contributed by atoms with Gasteiger partial charge in [0.1, 0.15) is 6.33 Å². The van der Waals surface area contributed by atoms with Crippen molar-refractivity contribution in [2.45, 2.75) is 0 Å². The molecule has 2 heterocycles. The van der Waals surface area contributed by atoms with Crippen LogP contribution in [0.5, 0.6) is 0 Å². The summed E-state index contributed by atoms with van der Waals surface area (Å²) >= 11 is 0. The maximum absolute atomic E-state index is 10.9. The molecule has 5 nitrogen and oxygen atoms in total. The van der Waals surface area contributed by atoms with Crippen molar-refractivity contribution in [3.63, 3.8) is 0 Å². The summed E-state index contributed by atoms with van der Waals surface area (Å²) in [5, 5.41) is 8.97. The maximum Gasteiger partial charge on any atom is 0.335 e. The van der Waals surface area contributed by atoms with E-state index in [1.807, 2.05) is 29.2 Å². The number of aromatic carboxylic acids is 1. The summed E-state index contributed by atoms with van der Waals surface area (Å²) in [7, 11) is 0. The van der Waals surface area contributed by atoms with Gasteiger partial charge in [-0.2, -0.15) is 0 Å². The number of carboxylic acids is 1. The van der Waals surface area contributed by atoms with Crippen molar-refractivity contribution in [1.82, 2.24) is 14.3 Å². The Hall–Kier alpha value is -2.56. The van der Waals surface area contributed by atoms with Gasteiger partial charge in [0.2, 0.25) is 0 Å². The summed E-state index contributed by atoms with van der Waals surface area (Å²) in [6.45, 7) is 0. The molecule has 3 rings (SSSR count). The van der Waals surface area contributed by atoms with E-state index in [0.29, 0.717) is 0 Å². The first kappa shape index (κ1) is 9.65. The monoisotopic (exact) mass is 227 g/mol. The van der Waals surface area contributed by atoms with E-state index in [9.17, 15) is 4.79 Å². The number of aromatic nitrogens is 3.